The van der Waals surface area contributed by atoms with Gasteiger partial charge in [-0.05, 0) is 75.4 Å². The number of hydrogen-bond donors (Lipinski definition) is 0. The molecule has 1 aromatic carbocycles. The number of piperidine rings is 1. The normalized spacial score (nSPS) is 17.3. The molecule has 30 heavy (non-hydrogen) atoms. The van der Waals surface area contributed by atoms with Gasteiger partial charge in [-0.1, -0.05) is 13.8 Å². The van der Waals surface area contributed by atoms with Crippen LogP contribution in [-0.2, 0) is 13.0 Å². The Hall–Kier alpha value is -1.79. The van der Waals surface area contributed by atoms with Crippen molar-refractivity contribution in [3.05, 3.63) is 40.2 Å². The summed E-state index contributed by atoms with van der Waals surface area (Å²) in [7, 11) is 0. The highest BCUT2D eigenvalue weighted by Crippen LogP contribution is 2.36. The Balaban J connectivity index is 1.37. The molecule has 0 amide bonds. The fourth-order valence-electron chi connectivity index (χ4n) is 4.26. The molecule has 0 N–H and O–H groups in total. The van der Waals surface area contributed by atoms with Gasteiger partial charge in [0.15, 0.2) is 0 Å². The van der Waals surface area contributed by atoms with Crippen LogP contribution in [-0.4, -0.2) is 46.7 Å². The first kappa shape index (κ1) is 21.4. The zero-order valence-corrected chi connectivity index (χ0v) is 19.0. The SMILES string of the molecule is CCCn1nc(-c2ccc(OCCCN3CCC(C)CC3)cc2)c2c(c1=O)CCS2. The maximum Gasteiger partial charge on any atom is 0.271 e. The van der Waals surface area contributed by atoms with Crippen molar-refractivity contribution in [1.29, 1.82) is 0 Å². The summed E-state index contributed by atoms with van der Waals surface area (Å²) in [6.45, 7) is 9.42. The molecule has 2 aliphatic heterocycles. The van der Waals surface area contributed by atoms with Crippen LogP contribution in [0.4, 0.5) is 0 Å². The van der Waals surface area contributed by atoms with Crippen LogP contribution >= 0.6 is 11.8 Å². The van der Waals surface area contributed by atoms with Gasteiger partial charge in [0.1, 0.15) is 11.4 Å². The van der Waals surface area contributed by atoms with E-state index in [-0.39, 0.29) is 5.56 Å². The van der Waals surface area contributed by atoms with Crippen LogP contribution in [0.25, 0.3) is 11.3 Å². The zero-order chi connectivity index (χ0) is 20.9. The van der Waals surface area contributed by atoms with E-state index >= 15 is 0 Å². The molecule has 1 fully saturated rings. The van der Waals surface area contributed by atoms with E-state index in [0.717, 1.165) is 71.6 Å². The maximum absolute atomic E-state index is 12.6. The van der Waals surface area contributed by atoms with E-state index in [1.807, 2.05) is 12.1 Å². The summed E-state index contributed by atoms with van der Waals surface area (Å²) >= 11 is 1.75. The quantitative estimate of drug-likeness (QED) is 0.582. The lowest BCUT2D eigenvalue weighted by Gasteiger charge is -2.30. The van der Waals surface area contributed by atoms with Gasteiger partial charge in [-0.15, -0.1) is 11.8 Å². The van der Waals surface area contributed by atoms with E-state index in [4.69, 9.17) is 9.84 Å². The molecule has 2 aromatic rings. The van der Waals surface area contributed by atoms with Gasteiger partial charge in [-0.3, -0.25) is 4.79 Å². The molecule has 0 atom stereocenters. The second kappa shape index (κ2) is 10.0. The van der Waals surface area contributed by atoms with E-state index in [9.17, 15) is 4.79 Å². The van der Waals surface area contributed by atoms with E-state index in [1.54, 1.807) is 16.4 Å². The second-order valence-corrected chi connectivity index (χ2v) is 9.64. The molecule has 2 aliphatic rings. The Morgan fingerprint density at radius 3 is 2.67 bits per heavy atom. The number of hydrogen-bond acceptors (Lipinski definition) is 5. The van der Waals surface area contributed by atoms with E-state index in [1.165, 1.54) is 25.9 Å². The van der Waals surface area contributed by atoms with Gasteiger partial charge >= 0.3 is 0 Å². The smallest absolute Gasteiger partial charge is 0.271 e. The van der Waals surface area contributed by atoms with Crippen molar-refractivity contribution in [3.8, 4) is 17.0 Å². The summed E-state index contributed by atoms with van der Waals surface area (Å²) < 4.78 is 7.62. The van der Waals surface area contributed by atoms with Crippen molar-refractivity contribution in [2.75, 3.05) is 32.0 Å². The molecule has 5 nitrogen and oxygen atoms in total. The summed E-state index contributed by atoms with van der Waals surface area (Å²) in [6, 6.07) is 8.20. The van der Waals surface area contributed by atoms with Crippen molar-refractivity contribution in [2.24, 2.45) is 5.92 Å². The molecular formula is C24H33N3O2S. The maximum atomic E-state index is 12.6. The van der Waals surface area contributed by atoms with Gasteiger partial charge in [0.05, 0.1) is 6.61 Å². The van der Waals surface area contributed by atoms with Crippen LogP contribution in [0.15, 0.2) is 34.0 Å². The molecule has 0 saturated carbocycles. The van der Waals surface area contributed by atoms with Gasteiger partial charge in [-0.25, -0.2) is 4.68 Å². The molecule has 1 aromatic heterocycles. The van der Waals surface area contributed by atoms with Gasteiger partial charge < -0.3 is 9.64 Å². The van der Waals surface area contributed by atoms with Crippen molar-refractivity contribution in [1.82, 2.24) is 14.7 Å². The highest BCUT2D eigenvalue weighted by Gasteiger charge is 2.23. The number of rotatable bonds is 8. The van der Waals surface area contributed by atoms with Crippen LogP contribution in [0.2, 0.25) is 0 Å². The molecule has 162 valence electrons. The van der Waals surface area contributed by atoms with Gasteiger partial charge in [-0.2, -0.15) is 5.10 Å². The minimum absolute atomic E-state index is 0.0868. The molecular weight excluding hydrogens is 394 g/mol. The van der Waals surface area contributed by atoms with Crippen molar-refractivity contribution < 1.29 is 4.74 Å². The predicted molar refractivity (Wildman–Crippen MR) is 124 cm³/mol. The standard InChI is InChI=1S/C24H33N3O2S/c1-3-12-27-24(28)21-11-17-30-23(21)22(25-27)19-5-7-20(8-6-19)29-16-4-13-26-14-9-18(2)10-15-26/h5-8,18H,3-4,9-17H2,1-2H3. The fourth-order valence-corrected chi connectivity index (χ4v) is 5.43. The highest BCUT2D eigenvalue weighted by molar-refractivity contribution is 7.99. The molecule has 6 heteroatoms. The number of aromatic nitrogens is 2. The third kappa shape index (κ3) is 4.92. The number of thioether (sulfide) groups is 1. The second-order valence-electron chi connectivity index (χ2n) is 8.53. The first-order chi connectivity index (χ1) is 14.7. The lowest BCUT2D eigenvalue weighted by molar-refractivity contribution is 0.177. The average Bonchev–Trinajstić information content (AvgIpc) is 3.26. The highest BCUT2D eigenvalue weighted by atomic mass is 32.2. The lowest BCUT2D eigenvalue weighted by atomic mass is 9.99. The number of nitrogens with zero attached hydrogens (tertiary/aromatic N) is 3. The summed E-state index contributed by atoms with van der Waals surface area (Å²) in [5, 5.41) is 4.70. The van der Waals surface area contributed by atoms with E-state index in [0.29, 0.717) is 6.54 Å². The first-order valence-electron chi connectivity index (χ1n) is 11.4. The number of fused-ring (bicyclic) bond motifs is 1. The van der Waals surface area contributed by atoms with Crippen molar-refractivity contribution >= 4 is 11.8 Å². The van der Waals surface area contributed by atoms with Crippen molar-refractivity contribution in [2.45, 2.75) is 57.4 Å². The van der Waals surface area contributed by atoms with Gasteiger partial charge in [0, 0.05) is 34.9 Å². The van der Waals surface area contributed by atoms with Gasteiger partial charge in [0.2, 0.25) is 0 Å². The monoisotopic (exact) mass is 427 g/mol. The summed E-state index contributed by atoms with van der Waals surface area (Å²) in [5.41, 5.74) is 3.02. The van der Waals surface area contributed by atoms with E-state index < -0.39 is 0 Å². The molecule has 1 saturated heterocycles. The van der Waals surface area contributed by atoms with E-state index in [2.05, 4.69) is 30.9 Å². The molecule has 4 rings (SSSR count). The minimum atomic E-state index is 0.0868. The zero-order valence-electron chi connectivity index (χ0n) is 18.2. The number of aryl methyl sites for hydroxylation is 1. The summed E-state index contributed by atoms with van der Waals surface area (Å²) in [5.74, 6) is 2.75. The topological polar surface area (TPSA) is 47.4 Å². The molecule has 0 unspecified atom stereocenters. The minimum Gasteiger partial charge on any atom is -0.494 e. The third-order valence-electron chi connectivity index (χ3n) is 6.13. The fraction of sp³-hybridized carbons (Fsp3) is 0.583. The molecule has 3 heterocycles. The molecule has 0 radical (unpaired) electrons. The Labute approximate surface area is 183 Å². The lowest BCUT2D eigenvalue weighted by Crippen LogP contribution is -2.34. The largest absolute Gasteiger partial charge is 0.494 e. The molecule has 0 aliphatic carbocycles. The molecule has 0 spiro atoms. The Morgan fingerprint density at radius 1 is 1.17 bits per heavy atom. The van der Waals surface area contributed by atoms with Gasteiger partial charge in [0.25, 0.3) is 5.56 Å². The number of likely N-dealkylation sites (tertiary alicyclic amines) is 1. The average molecular weight is 428 g/mol. The summed E-state index contributed by atoms with van der Waals surface area (Å²) in [4.78, 5) is 16.3. The van der Waals surface area contributed by atoms with Crippen LogP contribution < -0.4 is 10.3 Å². The Bertz CT molecular complexity index is 902. The third-order valence-corrected chi connectivity index (χ3v) is 7.26. The number of benzene rings is 1. The molecule has 0 bridgehead atoms. The summed E-state index contributed by atoms with van der Waals surface area (Å²) in [6.07, 6.45) is 5.45. The van der Waals surface area contributed by atoms with Crippen LogP contribution in [0, 0.1) is 5.92 Å². The van der Waals surface area contributed by atoms with Crippen LogP contribution in [0.1, 0.15) is 45.1 Å². The van der Waals surface area contributed by atoms with Crippen molar-refractivity contribution in [3.63, 3.8) is 0 Å². The first-order valence-corrected chi connectivity index (χ1v) is 12.4. The van der Waals surface area contributed by atoms with Crippen LogP contribution in [0.3, 0.4) is 0 Å². The Morgan fingerprint density at radius 2 is 1.93 bits per heavy atom. The number of ether oxygens (including phenoxy) is 1. The Kier molecular flexibility index (Phi) is 7.16. The predicted octanol–water partition coefficient (Wildman–Crippen LogP) is 4.47. The van der Waals surface area contributed by atoms with Crippen LogP contribution in [0.5, 0.6) is 5.75 Å².